The minimum Gasteiger partial charge on any atom is -0.378 e. The van der Waals surface area contributed by atoms with Crippen molar-refractivity contribution in [2.45, 2.75) is 19.5 Å². The third kappa shape index (κ3) is 4.67. The number of rotatable bonds is 7. The molecular weight excluding hydrogens is 452 g/mol. The Kier molecular flexibility index (Phi) is 6.31. The van der Waals surface area contributed by atoms with Crippen LogP contribution in [0.2, 0.25) is 0 Å². The van der Waals surface area contributed by atoms with E-state index in [1.807, 2.05) is 35.3 Å². The minimum atomic E-state index is 0.554. The zero-order valence-corrected chi connectivity index (χ0v) is 20.4. The Bertz CT molecular complexity index is 1300. The maximum absolute atomic E-state index is 5.35. The van der Waals surface area contributed by atoms with Crippen molar-refractivity contribution in [2.24, 2.45) is 0 Å². The molecule has 1 N–H and O–H groups in total. The molecule has 0 unspecified atom stereocenters. The molecule has 36 heavy (non-hydrogen) atoms. The molecule has 2 aliphatic heterocycles. The topological polar surface area (TPSA) is 84.2 Å². The van der Waals surface area contributed by atoms with Crippen molar-refractivity contribution in [3.8, 4) is 22.5 Å². The van der Waals surface area contributed by atoms with Crippen LogP contribution < -0.4 is 10.2 Å². The summed E-state index contributed by atoms with van der Waals surface area (Å²) >= 11 is 0. The third-order valence-corrected chi connectivity index (χ3v) is 6.89. The van der Waals surface area contributed by atoms with Gasteiger partial charge in [0.1, 0.15) is 5.69 Å². The molecule has 3 aromatic heterocycles. The highest BCUT2D eigenvalue weighted by Crippen LogP contribution is 2.30. The van der Waals surface area contributed by atoms with Crippen LogP contribution in [0.3, 0.4) is 0 Å². The predicted octanol–water partition coefficient (Wildman–Crippen LogP) is 3.69. The average Bonchev–Trinajstić information content (AvgIpc) is 3.34. The molecule has 5 heterocycles. The lowest BCUT2D eigenvalue weighted by Gasteiger charge is -2.43. The Balaban J connectivity index is 1.16. The first-order chi connectivity index (χ1) is 17.8. The number of anilines is 3. The zero-order chi connectivity index (χ0) is 24.3. The summed E-state index contributed by atoms with van der Waals surface area (Å²) in [6, 6.07) is 15.0. The molecule has 9 nitrogen and oxygen atoms in total. The second-order valence-corrected chi connectivity index (χ2v) is 9.14. The zero-order valence-electron chi connectivity index (χ0n) is 20.4. The lowest BCUT2D eigenvalue weighted by atomic mass is 10.1. The molecule has 2 fully saturated rings. The van der Waals surface area contributed by atoms with Crippen molar-refractivity contribution in [1.29, 1.82) is 0 Å². The Labute approximate surface area is 210 Å². The van der Waals surface area contributed by atoms with Crippen LogP contribution in [0.5, 0.6) is 0 Å². The molecule has 0 saturated carbocycles. The summed E-state index contributed by atoms with van der Waals surface area (Å²) in [7, 11) is 0. The first kappa shape index (κ1) is 22.6. The number of nitrogens with zero attached hydrogens (tertiary/aromatic N) is 7. The maximum Gasteiger partial charge on any atom is 0.227 e. The van der Waals surface area contributed by atoms with Gasteiger partial charge in [0.25, 0.3) is 0 Å². The van der Waals surface area contributed by atoms with Gasteiger partial charge in [0.2, 0.25) is 5.95 Å². The molecule has 0 amide bonds. The van der Waals surface area contributed by atoms with E-state index in [4.69, 9.17) is 14.8 Å². The first-order valence-corrected chi connectivity index (χ1v) is 12.5. The highest BCUT2D eigenvalue weighted by Gasteiger charge is 2.28. The van der Waals surface area contributed by atoms with Crippen LogP contribution >= 0.6 is 0 Å². The second kappa shape index (κ2) is 10.0. The van der Waals surface area contributed by atoms with E-state index in [9.17, 15) is 0 Å². The van der Waals surface area contributed by atoms with Crippen molar-refractivity contribution >= 4 is 17.3 Å². The largest absolute Gasteiger partial charge is 0.378 e. The predicted molar refractivity (Wildman–Crippen MR) is 140 cm³/mol. The summed E-state index contributed by atoms with van der Waals surface area (Å²) in [5, 5.41) is 8.11. The van der Waals surface area contributed by atoms with E-state index in [1.54, 1.807) is 12.4 Å². The maximum atomic E-state index is 5.35. The number of hydrogen-bond donors (Lipinski definition) is 1. The fraction of sp³-hybridized carbons (Fsp3) is 0.333. The number of ether oxygens (including phenoxy) is 1. The molecule has 4 aromatic rings. The lowest BCUT2D eigenvalue weighted by Crippen LogP contribution is -2.56. The molecule has 0 spiro atoms. The summed E-state index contributed by atoms with van der Waals surface area (Å²) in [6.45, 7) is 8.88. The molecule has 6 rings (SSSR count). The number of pyridine rings is 1. The van der Waals surface area contributed by atoms with Gasteiger partial charge in [0, 0.05) is 80.0 Å². The minimum absolute atomic E-state index is 0.554. The molecule has 2 aliphatic rings. The van der Waals surface area contributed by atoms with E-state index in [2.05, 4.69) is 56.3 Å². The average molecular weight is 483 g/mol. The van der Waals surface area contributed by atoms with E-state index in [0.29, 0.717) is 12.0 Å². The molecule has 184 valence electrons. The monoisotopic (exact) mass is 482 g/mol. The molecular formula is C27H30N8O. The van der Waals surface area contributed by atoms with Gasteiger partial charge in [-0.25, -0.2) is 9.97 Å². The summed E-state index contributed by atoms with van der Waals surface area (Å²) in [6.07, 6.45) is 7.40. The van der Waals surface area contributed by atoms with Crippen LogP contribution in [-0.4, -0.2) is 75.1 Å². The fourth-order valence-electron chi connectivity index (χ4n) is 4.72. The summed E-state index contributed by atoms with van der Waals surface area (Å²) in [5.41, 5.74) is 5.80. The Morgan fingerprint density at radius 3 is 2.53 bits per heavy atom. The van der Waals surface area contributed by atoms with Crippen LogP contribution in [-0.2, 0) is 11.3 Å². The number of piperazine rings is 1. The molecule has 9 heteroatoms. The lowest BCUT2D eigenvalue weighted by molar-refractivity contribution is -0.0660. The standard InChI is InChI=1S/C27H30N8O/c1-2-35-17-24(26(32-35)20-4-3-10-28-16-20)25-9-11-29-27(31-25)30-21-5-7-22(8-6-21)33-12-14-34(15-13-33)23-18-36-19-23/h3-11,16-17,23H,2,12-15,18-19H2,1H3,(H,29,30,31). The summed E-state index contributed by atoms with van der Waals surface area (Å²) in [4.78, 5) is 18.5. The number of nitrogens with one attached hydrogen (secondary N) is 1. The van der Waals surface area contributed by atoms with Gasteiger partial charge >= 0.3 is 0 Å². The van der Waals surface area contributed by atoms with Crippen molar-refractivity contribution < 1.29 is 4.74 Å². The van der Waals surface area contributed by atoms with Crippen LogP contribution in [0.4, 0.5) is 17.3 Å². The van der Waals surface area contributed by atoms with Gasteiger partial charge in [-0.2, -0.15) is 5.10 Å². The van der Waals surface area contributed by atoms with Gasteiger partial charge < -0.3 is 15.0 Å². The molecule has 0 bridgehead atoms. The highest BCUT2D eigenvalue weighted by atomic mass is 16.5. The van der Waals surface area contributed by atoms with Crippen molar-refractivity contribution in [2.75, 3.05) is 49.6 Å². The number of aryl methyl sites for hydroxylation is 1. The Morgan fingerprint density at radius 1 is 1.00 bits per heavy atom. The smallest absolute Gasteiger partial charge is 0.227 e. The molecule has 0 aliphatic carbocycles. The van der Waals surface area contributed by atoms with Crippen molar-refractivity contribution in [1.82, 2.24) is 29.6 Å². The molecule has 2 saturated heterocycles. The van der Waals surface area contributed by atoms with Gasteiger partial charge in [-0.3, -0.25) is 14.6 Å². The normalized spacial score (nSPS) is 16.6. The summed E-state index contributed by atoms with van der Waals surface area (Å²) in [5.74, 6) is 0.554. The Hall–Kier alpha value is -3.82. The SMILES string of the molecule is CCn1cc(-c2ccnc(Nc3ccc(N4CCN(C5COC5)CC4)cc3)n2)c(-c2cccnc2)n1. The van der Waals surface area contributed by atoms with Crippen LogP contribution in [0, 0.1) is 0 Å². The highest BCUT2D eigenvalue weighted by molar-refractivity contribution is 5.78. The van der Waals surface area contributed by atoms with E-state index >= 15 is 0 Å². The van der Waals surface area contributed by atoms with Crippen molar-refractivity contribution in [3.63, 3.8) is 0 Å². The van der Waals surface area contributed by atoms with Crippen LogP contribution in [0.1, 0.15) is 6.92 Å². The van der Waals surface area contributed by atoms with E-state index < -0.39 is 0 Å². The number of aromatic nitrogens is 5. The van der Waals surface area contributed by atoms with Gasteiger partial charge in [-0.1, -0.05) is 0 Å². The summed E-state index contributed by atoms with van der Waals surface area (Å²) < 4.78 is 7.27. The van der Waals surface area contributed by atoms with Gasteiger partial charge in [0.15, 0.2) is 0 Å². The first-order valence-electron chi connectivity index (χ1n) is 12.5. The quantitative estimate of drug-likeness (QED) is 0.427. The molecule has 1 aromatic carbocycles. The molecule has 0 radical (unpaired) electrons. The van der Waals surface area contributed by atoms with Crippen LogP contribution in [0.15, 0.2) is 67.3 Å². The third-order valence-electron chi connectivity index (χ3n) is 6.89. The van der Waals surface area contributed by atoms with Gasteiger partial charge in [-0.05, 0) is 49.4 Å². The fourth-order valence-corrected chi connectivity index (χ4v) is 4.72. The van der Waals surface area contributed by atoms with Crippen LogP contribution in [0.25, 0.3) is 22.5 Å². The second-order valence-electron chi connectivity index (χ2n) is 9.14. The van der Waals surface area contributed by atoms with E-state index in [0.717, 1.165) is 74.1 Å². The Morgan fingerprint density at radius 2 is 1.83 bits per heavy atom. The van der Waals surface area contributed by atoms with Crippen molar-refractivity contribution in [3.05, 3.63) is 67.3 Å². The van der Waals surface area contributed by atoms with Gasteiger partial charge in [-0.15, -0.1) is 0 Å². The number of hydrogen-bond acceptors (Lipinski definition) is 8. The van der Waals surface area contributed by atoms with E-state index in [1.165, 1.54) is 5.69 Å². The van der Waals surface area contributed by atoms with E-state index in [-0.39, 0.29) is 0 Å². The molecule has 0 atom stereocenters. The number of benzene rings is 1. The van der Waals surface area contributed by atoms with Gasteiger partial charge in [0.05, 0.1) is 24.9 Å².